The number of hydrogen-bond acceptors (Lipinski definition) is 2. The SMILES string of the molecule is Oc1c(I)cc(Br)cc1C=Nc1ccc2c3c(cccc13)CC2. The molecule has 1 N–H and O–H groups in total. The molecule has 0 spiro atoms. The van der Waals surface area contributed by atoms with Crippen LogP contribution in [0.25, 0.3) is 10.8 Å². The topological polar surface area (TPSA) is 32.6 Å². The minimum atomic E-state index is 0.267. The third-order valence-electron chi connectivity index (χ3n) is 4.25. The zero-order chi connectivity index (χ0) is 16.0. The van der Waals surface area contributed by atoms with Crippen molar-refractivity contribution in [2.45, 2.75) is 12.8 Å². The third kappa shape index (κ3) is 2.68. The maximum atomic E-state index is 10.2. The lowest BCUT2D eigenvalue weighted by atomic mass is 10.0. The van der Waals surface area contributed by atoms with Gasteiger partial charge in [-0.2, -0.15) is 0 Å². The molecule has 3 aromatic carbocycles. The van der Waals surface area contributed by atoms with Crippen molar-refractivity contribution in [2.24, 2.45) is 4.99 Å². The normalized spacial score (nSPS) is 13.3. The number of phenolic OH excluding ortho intramolecular Hbond substituents is 1. The molecule has 114 valence electrons. The Hall–Kier alpha value is -1.40. The molecule has 4 heteroatoms. The molecule has 0 saturated heterocycles. The Morgan fingerprint density at radius 2 is 1.87 bits per heavy atom. The Morgan fingerprint density at radius 3 is 2.70 bits per heavy atom. The second-order valence-corrected chi connectivity index (χ2v) is 7.75. The number of benzene rings is 3. The maximum absolute atomic E-state index is 10.2. The molecule has 23 heavy (non-hydrogen) atoms. The van der Waals surface area contributed by atoms with Crippen LogP contribution in [0.15, 0.2) is 51.9 Å². The Kier molecular flexibility index (Phi) is 3.89. The lowest BCUT2D eigenvalue weighted by molar-refractivity contribution is 0.470. The van der Waals surface area contributed by atoms with Gasteiger partial charge in [-0.1, -0.05) is 40.2 Å². The molecule has 0 amide bonds. The maximum Gasteiger partial charge on any atom is 0.137 e. The van der Waals surface area contributed by atoms with E-state index in [1.165, 1.54) is 21.9 Å². The minimum Gasteiger partial charge on any atom is -0.506 e. The molecule has 4 rings (SSSR count). The van der Waals surface area contributed by atoms with Crippen LogP contribution in [0.5, 0.6) is 5.75 Å². The summed E-state index contributed by atoms with van der Waals surface area (Å²) in [7, 11) is 0. The lowest BCUT2D eigenvalue weighted by Crippen LogP contribution is -1.87. The molecule has 0 aromatic heterocycles. The van der Waals surface area contributed by atoms with Gasteiger partial charge in [-0.25, -0.2) is 0 Å². The lowest BCUT2D eigenvalue weighted by Gasteiger charge is -2.06. The molecule has 3 aromatic rings. The van der Waals surface area contributed by atoms with Gasteiger partial charge in [0.2, 0.25) is 0 Å². The first-order valence-electron chi connectivity index (χ1n) is 7.39. The van der Waals surface area contributed by atoms with E-state index in [2.05, 4.69) is 73.8 Å². The predicted molar refractivity (Wildman–Crippen MR) is 107 cm³/mol. The highest BCUT2D eigenvalue weighted by molar-refractivity contribution is 14.1. The molecule has 0 bridgehead atoms. The van der Waals surface area contributed by atoms with E-state index in [1.807, 2.05) is 12.1 Å². The molecule has 0 aliphatic heterocycles. The van der Waals surface area contributed by atoms with Crippen LogP contribution in [0.3, 0.4) is 0 Å². The number of rotatable bonds is 2. The zero-order valence-electron chi connectivity index (χ0n) is 12.2. The van der Waals surface area contributed by atoms with Gasteiger partial charge in [0.1, 0.15) is 5.75 Å². The van der Waals surface area contributed by atoms with Crippen molar-refractivity contribution in [2.75, 3.05) is 0 Å². The fourth-order valence-electron chi connectivity index (χ4n) is 3.17. The number of aromatic hydroxyl groups is 1. The van der Waals surface area contributed by atoms with Crippen LogP contribution in [-0.2, 0) is 12.8 Å². The minimum absolute atomic E-state index is 0.267. The number of halogens is 2. The highest BCUT2D eigenvalue weighted by Crippen LogP contribution is 2.36. The Labute approximate surface area is 156 Å². The van der Waals surface area contributed by atoms with Gasteiger partial charge in [-0.05, 0) is 70.1 Å². The monoisotopic (exact) mass is 477 g/mol. The summed E-state index contributed by atoms with van der Waals surface area (Å²) in [6.45, 7) is 0. The summed E-state index contributed by atoms with van der Waals surface area (Å²) in [6.07, 6.45) is 3.97. The van der Waals surface area contributed by atoms with Crippen LogP contribution in [0.1, 0.15) is 16.7 Å². The van der Waals surface area contributed by atoms with Crippen molar-refractivity contribution < 1.29 is 5.11 Å². The van der Waals surface area contributed by atoms with Crippen molar-refractivity contribution in [1.29, 1.82) is 0 Å². The van der Waals surface area contributed by atoms with Gasteiger partial charge in [0.05, 0.1) is 9.26 Å². The summed E-state index contributed by atoms with van der Waals surface area (Å²) in [5.74, 6) is 0.267. The molecule has 0 unspecified atom stereocenters. The molecule has 1 aliphatic carbocycles. The van der Waals surface area contributed by atoms with Gasteiger partial charge in [0, 0.05) is 21.6 Å². The highest BCUT2D eigenvalue weighted by atomic mass is 127. The van der Waals surface area contributed by atoms with E-state index in [-0.39, 0.29) is 5.75 Å². The highest BCUT2D eigenvalue weighted by Gasteiger charge is 2.15. The van der Waals surface area contributed by atoms with Gasteiger partial charge in [0.15, 0.2) is 0 Å². The van der Waals surface area contributed by atoms with Gasteiger partial charge in [-0.15, -0.1) is 0 Å². The summed E-state index contributed by atoms with van der Waals surface area (Å²) >= 11 is 5.58. The van der Waals surface area contributed by atoms with Crippen molar-refractivity contribution in [3.8, 4) is 5.75 Å². The average molecular weight is 478 g/mol. The molecule has 0 radical (unpaired) electrons. The Bertz CT molecular complexity index is 955. The molecule has 0 heterocycles. The van der Waals surface area contributed by atoms with Crippen molar-refractivity contribution in [1.82, 2.24) is 0 Å². The first-order chi connectivity index (χ1) is 11.1. The number of aryl methyl sites for hydroxylation is 2. The molecule has 2 nitrogen and oxygen atoms in total. The van der Waals surface area contributed by atoms with E-state index in [9.17, 15) is 5.11 Å². The van der Waals surface area contributed by atoms with E-state index < -0.39 is 0 Å². The summed E-state index contributed by atoms with van der Waals surface area (Å²) in [6, 6.07) is 14.4. The van der Waals surface area contributed by atoms with Crippen molar-refractivity contribution >= 4 is 61.2 Å². The van der Waals surface area contributed by atoms with Crippen LogP contribution in [0.4, 0.5) is 5.69 Å². The first kappa shape index (κ1) is 15.1. The molecule has 0 atom stereocenters. The molecule has 0 saturated carbocycles. The van der Waals surface area contributed by atoms with Crippen LogP contribution in [0.2, 0.25) is 0 Å². The summed E-state index contributed by atoms with van der Waals surface area (Å²) in [5.41, 5.74) is 4.48. The van der Waals surface area contributed by atoms with Crippen molar-refractivity contribution in [3.63, 3.8) is 0 Å². The molecular weight excluding hydrogens is 465 g/mol. The van der Waals surface area contributed by atoms with Crippen LogP contribution in [0, 0.1) is 3.57 Å². The molecule has 1 aliphatic rings. The van der Waals surface area contributed by atoms with Gasteiger partial charge in [0.25, 0.3) is 0 Å². The molecular formula is C19H13BrINO. The van der Waals surface area contributed by atoms with Crippen LogP contribution < -0.4 is 0 Å². The number of hydrogen-bond donors (Lipinski definition) is 1. The van der Waals surface area contributed by atoms with Gasteiger partial charge < -0.3 is 5.11 Å². The Balaban J connectivity index is 1.83. The fourth-order valence-corrected chi connectivity index (χ4v) is 4.72. The predicted octanol–water partition coefficient (Wildman–Crippen LogP) is 5.76. The average Bonchev–Trinajstić information content (AvgIpc) is 2.96. The third-order valence-corrected chi connectivity index (χ3v) is 5.53. The number of nitrogens with zero attached hydrogens (tertiary/aromatic N) is 1. The van der Waals surface area contributed by atoms with E-state index in [4.69, 9.17) is 0 Å². The van der Waals surface area contributed by atoms with E-state index in [0.717, 1.165) is 26.6 Å². The largest absolute Gasteiger partial charge is 0.506 e. The second kappa shape index (κ2) is 5.91. The van der Waals surface area contributed by atoms with E-state index in [1.54, 1.807) is 6.21 Å². The summed E-state index contributed by atoms with van der Waals surface area (Å²) in [5, 5.41) is 12.7. The smallest absolute Gasteiger partial charge is 0.137 e. The van der Waals surface area contributed by atoms with Crippen molar-refractivity contribution in [3.05, 3.63) is 67.2 Å². The first-order valence-corrected chi connectivity index (χ1v) is 9.26. The quantitative estimate of drug-likeness (QED) is 0.369. The van der Waals surface area contributed by atoms with Crippen LogP contribution >= 0.6 is 38.5 Å². The van der Waals surface area contributed by atoms with Gasteiger partial charge in [-0.3, -0.25) is 4.99 Å². The molecule has 0 fully saturated rings. The number of aliphatic imine (C=N–C) groups is 1. The van der Waals surface area contributed by atoms with E-state index in [0.29, 0.717) is 5.56 Å². The van der Waals surface area contributed by atoms with Crippen LogP contribution in [-0.4, -0.2) is 11.3 Å². The second-order valence-electron chi connectivity index (χ2n) is 5.67. The van der Waals surface area contributed by atoms with E-state index >= 15 is 0 Å². The standard InChI is InChI=1S/C19H13BrINO/c20-14-8-13(19(23)16(21)9-14)10-22-17-7-6-12-5-4-11-2-1-3-15(17)18(11)12/h1-3,6-10,23H,4-5H2. The zero-order valence-corrected chi connectivity index (χ0v) is 15.9. The Morgan fingerprint density at radius 1 is 1.09 bits per heavy atom. The fraction of sp³-hybridized carbons (Fsp3) is 0.105. The summed E-state index contributed by atoms with van der Waals surface area (Å²) in [4.78, 5) is 4.65. The van der Waals surface area contributed by atoms with Gasteiger partial charge >= 0.3 is 0 Å². The summed E-state index contributed by atoms with van der Waals surface area (Å²) < 4.78 is 1.74. The number of phenols is 1.